The molecule has 0 saturated carbocycles. The molecule has 0 aromatic heterocycles. The van der Waals surface area contributed by atoms with Crippen LogP contribution >= 0.6 is 0 Å². The SMILES string of the molecule is CCOC/C=C1/COC(=O)O1.CCOC/C=C1\COC(=O)O1. The summed E-state index contributed by atoms with van der Waals surface area (Å²) in [7, 11) is 0. The van der Waals surface area contributed by atoms with Gasteiger partial charge in [-0.1, -0.05) is 0 Å². The van der Waals surface area contributed by atoms with E-state index in [2.05, 4.69) is 18.9 Å². The van der Waals surface area contributed by atoms with E-state index in [1.807, 2.05) is 13.8 Å². The summed E-state index contributed by atoms with van der Waals surface area (Å²) in [5, 5.41) is 0. The normalized spacial score (nSPS) is 20.1. The summed E-state index contributed by atoms with van der Waals surface area (Å²) in [6, 6.07) is 0. The summed E-state index contributed by atoms with van der Waals surface area (Å²) in [6.45, 7) is 6.48. The van der Waals surface area contributed by atoms with Gasteiger partial charge >= 0.3 is 12.3 Å². The van der Waals surface area contributed by atoms with E-state index in [0.29, 0.717) is 37.9 Å². The van der Waals surface area contributed by atoms with Crippen LogP contribution in [0.15, 0.2) is 23.7 Å². The van der Waals surface area contributed by atoms with E-state index < -0.39 is 12.3 Å². The van der Waals surface area contributed by atoms with Crippen LogP contribution in [0.5, 0.6) is 0 Å². The number of hydrogen-bond donors (Lipinski definition) is 0. The first-order valence-electron chi connectivity index (χ1n) is 6.88. The van der Waals surface area contributed by atoms with Crippen LogP contribution in [-0.2, 0) is 28.4 Å². The standard InChI is InChI=1S/2C7H10O4/c2*1-2-9-4-3-6-5-10-7(8)11-6/h2*3H,2,4-5H2,1H3/b6-3+;6-3-. The third kappa shape index (κ3) is 7.65. The zero-order valence-electron chi connectivity index (χ0n) is 12.7. The highest BCUT2D eigenvalue weighted by Crippen LogP contribution is 2.09. The summed E-state index contributed by atoms with van der Waals surface area (Å²) in [4.78, 5) is 20.7. The maximum absolute atomic E-state index is 10.4. The third-order valence-corrected chi connectivity index (χ3v) is 2.36. The van der Waals surface area contributed by atoms with Crippen molar-refractivity contribution in [2.75, 3.05) is 39.6 Å². The van der Waals surface area contributed by atoms with Crippen molar-refractivity contribution in [3.05, 3.63) is 23.7 Å². The number of rotatable bonds is 6. The number of cyclic esters (lactones) is 4. The molecule has 8 heteroatoms. The number of carbonyl (C=O) groups is 2. The fraction of sp³-hybridized carbons (Fsp3) is 0.571. The zero-order chi connectivity index (χ0) is 16.2. The molecule has 0 N–H and O–H groups in total. The van der Waals surface area contributed by atoms with Gasteiger partial charge < -0.3 is 28.4 Å². The Morgan fingerprint density at radius 3 is 1.55 bits per heavy atom. The quantitative estimate of drug-likeness (QED) is 0.544. The first-order valence-corrected chi connectivity index (χ1v) is 6.88. The average Bonchev–Trinajstić information content (AvgIpc) is 3.09. The lowest BCUT2D eigenvalue weighted by Crippen LogP contribution is -1.92. The van der Waals surface area contributed by atoms with Gasteiger partial charge in [0.25, 0.3) is 0 Å². The van der Waals surface area contributed by atoms with Crippen molar-refractivity contribution in [1.29, 1.82) is 0 Å². The Bertz CT molecular complexity index is 387. The van der Waals surface area contributed by atoms with Crippen LogP contribution in [0.4, 0.5) is 9.59 Å². The summed E-state index contributed by atoms with van der Waals surface area (Å²) in [5.74, 6) is 1.06. The van der Waals surface area contributed by atoms with Crippen LogP contribution < -0.4 is 0 Å². The van der Waals surface area contributed by atoms with E-state index >= 15 is 0 Å². The third-order valence-electron chi connectivity index (χ3n) is 2.36. The molecule has 0 radical (unpaired) electrons. The van der Waals surface area contributed by atoms with Crippen molar-refractivity contribution in [3.8, 4) is 0 Å². The Morgan fingerprint density at radius 1 is 0.864 bits per heavy atom. The molecule has 2 fully saturated rings. The smallest absolute Gasteiger partial charge is 0.426 e. The molecular weight excluding hydrogens is 296 g/mol. The maximum atomic E-state index is 10.4. The summed E-state index contributed by atoms with van der Waals surface area (Å²) < 4.78 is 28.3. The van der Waals surface area contributed by atoms with Crippen LogP contribution in [0.25, 0.3) is 0 Å². The lowest BCUT2D eigenvalue weighted by atomic mass is 10.5. The number of ether oxygens (including phenoxy) is 6. The Balaban J connectivity index is 0.000000220. The molecule has 2 heterocycles. The highest BCUT2D eigenvalue weighted by Gasteiger charge is 2.18. The van der Waals surface area contributed by atoms with Gasteiger partial charge in [-0.2, -0.15) is 0 Å². The Hall–Kier alpha value is -2.06. The fourth-order valence-corrected chi connectivity index (χ4v) is 1.33. The van der Waals surface area contributed by atoms with Crippen molar-refractivity contribution in [3.63, 3.8) is 0 Å². The maximum Gasteiger partial charge on any atom is 0.514 e. The van der Waals surface area contributed by atoms with Crippen LogP contribution in [0, 0.1) is 0 Å². The average molecular weight is 316 g/mol. The van der Waals surface area contributed by atoms with E-state index in [9.17, 15) is 9.59 Å². The van der Waals surface area contributed by atoms with Gasteiger partial charge in [0.2, 0.25) is 0 Å². The second-order valence-electron chi connectivity index (χ2n) is 3.94. The summed E-state index contributed by atoms with van der Waals surface area (Å²) >= 11 is 0. The van der Waals surface area contributed by atoms with Crippen molar-refractivity contribution < 1.29 is 38.0 Å². The minimum atomic E-state index is -0.632. The van der Waals surface area contributed by atoms with Gasteiger partial charge in [0.1, 0.15) is 11.5 Å². The molecule has 0 aliphatic carbocycles. The zero-order valence-corrected chi connectivity index (χ0v) is 12.7. The van der Waals surface area contributed by atoms with Crippen molar-refractivity contribution in [2.45, 2.75) is 13.8 Å². The first kappa shape index (κ1) is 18.0. The molecular formula is C14H20O8. The molecule has 0 amide bonds. The predicted octanol–water partition coefficient (Wildman–Crippen LogP) is 2.15. The predicted molar refractivity (Wildman–Crippen MR) is 74.0 cm³/mol. The van der Waals surface area contributed by atoms with E-state index in [1.54, 1.807) is 12.2 Å². The van der Waals surface area contributed by atoms with Crippen molar-refractivity contribution >= 4 is 12.3 Å². The molecule has 0 unspecified atom stereocenters. The monoisotopic (exact) mass is 316 g/mol. The minimum absolute atomic E-state index is 0.228. The first-order chi connectivity index (χ1) is 10.7. The fourth-order valence-electron chi connectivity index (χ4n) is 1.33. The molecule has 22 heavy (non-hydrogen) atoms. The molecule has 8 nitrogen and oxygen atoms in total. The van der Waals surface area contributed by atoms with Crippen LogP contribution in [-0.4, -0.2) is 52.0 Å². The topological polar surface area (TPSA) is 89.5 Å². The second kappa shape index (κ2) is 10.6. The molecule has 124 valence electrons. The van der Waals surface area contributed by atoms with E-state index in [1.165, 1.54) is 0 Å². The van der Waals surface area contributed by atoms with Crippen LogP contribution in [0.3, 0.4) is 0 Å². The second-order valence-corrected chi connectivity index (χ2v) is 3.94. The Kier molecular flexibility index (Phi) is 8.70. The Labute approximate surface area is 128 Å². The van der Waals surface area contributed by atoms with Crippen molar-refractivity contribution in [1.82, 2.24) is 0 Å². The van der Waals surface area contributed by atoms with Gasteiger partial charge in [0, 0.05) is 13.2 Å². The van der Waals surface area contributed by atoms with E-state index in [0.717, 1.165) is 0 Å². The van der Waals surface area contributed by atoms with Gasteiger partial charge in [0.05, 0.1) is 13.2 Å². The molecule has 0 bridgehead atoms. The summed E-state index contributed by atoms with van der Waals surface area (Å²) in [6.07, 6.45) is 2.11. The molecule has 2 aliphatic heterocycles. The largest absolute Gasteiger partial charge is 0.514 e. The molecule has 2 saturated heterocycles. The summed E-state index contributed by atoms with van der Waals surface area (Å²) in [5.41, 5.74) is 0. The van der Waals surface area contributed by atoms with Gasteiger partial charge in [-0.15, -0.1) is 0 Å². The minimum Gasteiger partial charge on any atom is -0.426 e. The molecule has 0 aromatic carbocycles. The molecule has 0 aromatic rings. The molecule has 2 aliphatic rings. The lowest BCUT2D eigenvalue weighted by Gasteiger charge is -1.93. The number of hydrogen-bond acceptors (Lipinski definition) is 8. The van der Waals surface area contributed by atoms with E-state index in [-0.39, 0.29) is 13.2 Å². The van der Waals surface area contributed by atoms with Gasteiger partial charge in [-0.05, 0) is 26.0 Å². The molecule has 0 spiro atoms. The van der Waals surface area contributed by atoms with Gasteiger partial charge in [-0.3, -0.25) is 0 Å². The lowest BCUT2D eigenvalue weighted by molar-refractivity contribution is 0.134. The van der Waals surface area contributed by atoms with E-state index in [4.69, 9.17) is 9.47 Å². The number of carbonyl (C=O) groups excluding carboxylic acids is 2. The Morgan fingerprint density at radius 2 is 1.27 bits per heavy atom. The highest BCUT2D eigenvalue weighted by atomic mass is 16.8. The van der Waals surface area contributed by atoms with Crippen LogP contribution in [0.1, 0.15) is 13.8 Å². The van der Waals surface area contributed by atoms with Gasteiger partial charge in [0.15, 0.2) is 13.2 Å². The van der Waals surface area contributed by atoms with Crippen molar-refractivity contribution in [2.24, 2.45) is 0 Å². The molecule has 2 rings (SSSR count). The molecule has 0 atom stereocenters. The highest BCUT2D eigenvalue weighted by molar-refractivity contribution is 5.64. The van der Waals surface area contributed by atoms with Gasteiger partial charge in [-0.25, -0.2) is 9.59 Å². The van der Waals surface area contributed by atoms with Crippen LogP contribution in [0.2, 0.25) is 0 Å².